The number of methoxy groups -OCH3 is 2. The number of halogens is 1. The first-order valence-electron chi connectivity index (χ1n) is 5.73. The van der Waals surface area contributed by atoms with Crippen LogP contribution in [0.5, 0.6) is 5.75 Å². The lowest BCUT2D eigenvalue weighted by Crippen LogP contribution is -2.11. The Morgan fingerprint density at radius 1 is 1.40 bits per heavy atom. The van der Waals surface area contributed by atoms with Crippen LogP contribution in [0.15, 0.2) is 28.2 Å². The molecule has 0 heterocycles. The fraction of sp³-hybridized carbons (Fsp3) is 0.286. The molecule has 0 aliphatic carbocycles. The number of carbonyl (C=O) groups excluding carboxylic acids is 1. The summed E-state index contributed by atoms with van der Waals surface area (Å²) >= 11 is 3.33. The normalized spacial score (nSPS) is 10.8. The first kappa shape index (κ1) is 16.2. The number of hydrogen-bond donors (Lipinski definition) is 0. The monoisotopic (exact) mass is 339 g/mol. The van der Waals surface area contributed by atoms with Gasteiger partial charge in [-0.25, -0.2) is 4.79 Å². The molecule has 1 aromatic rings. The van der Waals surface area contributed by atoms with Gasteiger partial charge < -0.3 is 14.2 Å². The molecule has 5 nitrogen and oxygen atoms in total. The molecule has 0 N–H and O–H groups in total. The summed E-state index contributed by atoms with van der Waals surface area (Å²) in [5.74, 6) is -0.128. The second kappa shape index (κ2) is 8.35. The molecule has 0 atom stereocenters. The molecule has 0 bridgehead atoms. The molecule has 0 fully saturated rings. The number of ether oxygens (including phenoxy) is 3. The van der Waals surface area contributed by atoms with Crippen LogP contribution >= 0.6 is 15.9 Å². The third-order valence-corrected chi connectivity index (χ3v) is 2.85. The van der Waals surface area contributed by atoms with Gasteiger partial charge in [0, 0.05) is 17.1 Å². The number of benzene rings is 1. The topological polar surface area (TPSA) is 68.5 Å². The third-order valence-electron chi connectivity index (χ3n) is 2.35. The van der Waals surface area contributed by atoms with Crippen molar-refractivity contribution in [1.29, 1.82) is 5.26 Å². The van der Waals surface area contributed by atoms with Gasteiger partial charge in [0.05, 0.1) is 13.7 Å². The van der Waals surface area contributed by atoms with E-state index in [0.29, 0.717) is 11.3 Å². The van der Waals surface area contributed by atoms with Crippen LogP contribution in [0.2, 0.25) is 0 Å². The van der Waals surface area contributed by atoms with Gasteiger partial charge >= 0.3 is 5.97 Å². The second-order valence-corrected chi connectivity index (χ2v) is 4.60. The van der Waals surface area contributed by atoms with Crippen molar-refractivity contribution in [1.82, 2.24) is 0 Å². The summed E-state index contributed by atoms with van der Waals surface area (Å²) in [4.78, 5) is 11.7. The molecule has 0 aromatic heterocycles. The number of rotatable bonds is 6. The Morgan fingerprint density at radius 3 is 2.75 bits per heavy atom. The van der Waals surface area contributed by atoms with Crippen molar-refractivity contribution in [3.63, 3.8) is 0 Å². The molecule has 0 aliphatic rings. The van der Waals surface area contributed by atoms with Crippen LogP contribution in [-0.4, -0.2) is 33.4 Å². The predicted molar refractivity (Wildman–Crippen MR) is 77.1 cm³/mol. The Morgan fingerprint density at radius 2 is 2.15 bits per heavy atom. The van der Waals surface area contributed by atoms with Gasteiger partial charge in [-0.05, 0) is 24.3 Å². The molecule has 0 amide bonds. The Bertz CT molecular complexity index is 549. The summed E-state index contributed by atoms with van der Waals surface area (Å²) < 4.78 is 15.7. The Labute approximate surface area is 125 Å². The molecule has 0 spiro atoms. The quantitative estimate of drug-likeness (QED) is 0.345. The summed E-state index contributed by atoms with van der Waals surface area (Å²) in [5, 5.41) is 9.04. The largest absolute Gasteiger partial charge is 0.496 e. The van der Waals surface area contributed by atoms with Gasteiger partial charge in [0.25, 0.3) is 0 Å². The number of nitriles is 1. The maximum atomic E-state index is 11.7. The minimum atomic E-state index is -0.688. The summed E-state index contributed by atoms with van der Waals surface area (Å²) in [5.41, 5.74) is 0.514. The van der Waals surface area contributed by atoms with E-state index >= 15 is 0 Å². The molecule has 0 saturated carbocycles. The Balaban J connectivity index is 2.97. The van der Waals surface area contributed by atoms with Crippen molar-refractivity contribution in [2.24, 2.45) is 0 Å². The summed E-state index contributed by atoms with van der Waals surface area (Å²) in [6.45, 7) is 0.384. The van der Waals surface area contributed by atoms with Gasteiger partial charge in [-0.1, -0.05) is 15.9 Å². The van der Waals surface area contributed by atoms with Crippen molar-refractivity contribution in [2.45, 2.75) is 0 Å². The van der Waals surface area contributed by atoms with E-state index in [1.165, 1.54) is 20.3 Å². The molecule has 0 radical (unpaired) electrons. The van der Waals surface area contributed by atoms with E-state index in [2.05, 4.69) is 15.9 Å². The van der Waals surface area contributed by atoms with Crippen LogP contribution in [0.4, 0.5) is 0 Å². The molecule has 6 heteroatoms. The summed E-state index contributed by atoms with van der Waals surface area (Å²) in [6, 6.07) is 7.11. The van der Waals surface area contributed by atoms with E-state index in [9.17, 15) is 4.79 Å². The molecule has 0 unspecified atom stereocenters. The molecule has 1 aromatic carbocycles. The fourth-order valence-electron chi connectivity index (χ4n) is 1.41. The zero-order valence-electron chi connectivity index (χ0n) is 11.2. The van der Waals surface area contributed by atoms with Crippen LogP contribution in [0.3, 0.4) is 0 Å². The lowest BCUT2D eigenvalue weighted by Gasteiger charge is -2.06. The van der Waals surface area contributed by atoms with E-state index in [1.807, 2.05) is 6.07 Å². The van der Waals surface area contributed by atoms with Gasteiger partial charge in [0.1, 0.15) is 24.0 Å². The SMILES string of the molecule is COCCOC(=O)/C(C#N)=C/c1cc(Br)ccc1OC. The van der Waals surface area contributed by atoms with Gasteiger partial charge in [0.15, 0.2) is 0 Å². The highest BCUT2D eigenvalue weighted by Gasteiger charge is 2.12. The Kier molecular flexibility index (Phi) is 6.77. The van der Waals surface area contributed by atoms with Gasteiger partial charge in [-0.3, -0.25) is 0 Å². The van der Waals surface area contributed by atoms with Crippen molar-refractivity contribution in [3.05, 3.63) is 33.8 Å². The average molecular weight is 340 g/mol. The van der Waals surface area contributed by atoms with Crippen LogP contribution in [-0.2, 0) is 14.3 Å². The first-order valence-corrected chi connectivity index (χ1v) is 6.53. The van der Waals surface area contributed by atoms with E-state index in [0.717, 1.165) is 4.47 Å². The van der Waals surface area contributed by atoms with Crippen molar-refractivity contribution >= 4 is 28.0 Å². The van der Waals surface area contributed by atoms with E-state index in [4.69, 9.17) is 19.5 Å². The zero-order valence-corrected chi connectivity index (χ0v) is 12.8. The van der Waals surface area contributed by atoms with E-state index < -0.39 is 5.97 Å². The number of nitrogens with zero attached hydrogens (tertiary/aromatic N) is 1. The molecular weight excluding hydrogens is 326 g/mol. The highest BCUT2D eigenvalue weighted by molar-refractivity contribution is 9.10. The van der Waals surface area contributed by atoms with Crippen LogP contribution in [0.1, 0.15) is 5.56 Å². The smallest absolute Gasteiger partial charge is 0.348 e. The lowest BCUT2D eigenvalue weighted by molar-refractivity contribution is -0.139. The highest BCUT2D eigenvalue weighted by atomic mass is 79.9. The zero-order chi connectivity index (χ0) is 15.0. The third kappa shape index (κ3) is 4.68. The minimum absolute atomic E-state index is 0.0995. The van der Waals surface area contributed by atoms with Crippen LogP contribution < -0.4 is 4.74 Å². The Hall–Kier alpha value is -1.84. The minimum Gasteiger partial charge on any atom is -0.496 e. The summed E-state index contributed by atoms with van der Waals surface area (Å²) in [7, 11) is 3.02. The van der Waals surface area contributed by atoms with E-state index in [1.54, 1.807) is 18.2 Å². The van der Waals surface area contributed by atoms with Gasteiger partial charge in [0.2, 0.25) is 0 Å². The maximum Gasteiger partial charge on any atom is 0.348 e. The molecule has 20 heavy (non-hydrogen) atoms. The summed E-state index contributed by atoms with van der Waals surface area (Å²) in [6.07, 6.45) is 1.43. The first-order chi connectivity index (χ1) is 9.62. The number of carbonyl (C=O) groups is 1. The average Bonchev–Trinajstić information content (AvgIpc) is 2.45. The van der Waals surface area contributed by atoms with Crippen LogP contribution in [0.25, 0.3) is 6.08 Å². The fourth-order valence-corrected chi connectivity index (χ4v) is 1.78. The second-order valence-electron chi connectivity index (χ2n) is 3.68. The van der Waals surface area contributed by atoms with Crippen molar-refractivity contribution in [2.75, 3.05) is 27.4 Å². The molecule has 106 valence electrons. The number of hydrogen-bond acceptors (Lipinski definition) is 5. The van der Waals surface area contributed by atoms with Crippen molar-refractivity contribution in [3.8, 4) is 11.8 Å². The van der Waals surface area contributed by atoms with Gasteiger partial charge in [-0.2, -0.15) is 5.26 Å². The van der Waals surface area contributed by atoms with Crippen molar-refractivity contribution < 1.29 is 19.0 Å². The lowest BCUT2D eigenvalue weighted by atomic mass is 10.1. The molecule has 0 aliphatic heterocycles. The van der Waals surface area contributed by atoms with E-state index in [-0.39, 0.29) is 18.8 Å². The predicted octanol–water partition coefficient (Wildman–Crippen LogP) is 2.55. The molecular formula is C14H14BrNO4. The maximum absolute atomic E-state index is 11.7. The molecule has 0 saturated heterocycles. The van der Waals surface area contributed by atoms with Gasteiger partial charge in [-0.15, -0.1) is 0 Å². The molecule has 1 rings (SSSR count). The number of esters is 1. The van der Waals surface area contributed by atoms with Crippen LogP contribution in [0, 0.1) is 11.3 Å². The standard InChI is InChI=1S/C14H14BrNO4/c1-18-5-6-20-14(17)11(9-16)7-10-8-12(15)3-4-13(10)19-2/h3-4,7-8H,5-6H2,1-2H3/b11-7+. The highest BCUT2D eigenvalue weighted by Crippen LogP contribution is 2.25.